The molecule has 0 atom stereocenters. The largest absolute Gasteiger partial charge is 0.339 e. The fourth-order valence-electron chi connectivity index (χ4n) is 3.44. The van der Waals surface area contributed by atoms with Gasteiger partial charge in [-0.25, -0.2) is 8.78 Å². The normalized spacial score (nSPS) is 14.3. The van der Waals surface area contributed by atoms with Gasteiger partial charge in [-0.15, -0.1) is 0 Å². The molecule has 0 radical (unpaired) electrons. The number of anilines is 1. The highest BCUT2D eigenvalue weighted by molar-refractivity contribution is 5.95. The molecule has 3 amide bonds. The lowest BCUT2D eigenvalue weighted by molar-refractivity contribution is -0.138. The smallest absolute Gasteiger partial charge is 0.253 e. The van der Waals surface area contributed by atoms with Gasteiger partial charge in [-0.05, 0) is 61.4 Å². The molecule has 1 aliphatic rings. The summed E-state index contributed by atoms with van der Waals surface area (Å²) in [5.74, 6) is -1.79. The van der Waals surface area contributed by atoms with Crippen LogP contribution in [0.25, 0.3) is 0 Å². The number of nitrogens with one attached hydrogen (secondary N) is 1. The van der Waals surface area contributed by atoms with Crippen LogP contribution in [-0.2, 0) is 9.59 Å². The molecule has 0 bridgehead atoms. The molecule has 0 spiro atoms. The molecule has 1 N–H and O–H groups in total. The number of carbonyl (C=O) groups excluding carboxylic acids is 3. The van der Waals surface area contributed by atoms with Gasteiger partial charge in [0.25, 0.3) is 5.91 Å². The minimum Gasteiger partial charge on any atom is -0.339 e. The number of likely N-dealkylation sites (tertiary alicyclic amines) is 1. The van der Waals surface area contributed by atoms with Gasteiger partial charge >= 0.3 is 0 Å². The van der Waals surface area contributed by atoms with E-state index in [0.29, 0.717) is 37.2 Å². The zero-order chi connectivity index (χ0) is 21.7. The second-order valence-corrected chi connectivity index (χ2v) is 7.32. The third kappa shape index (κ3) is 5.40. The van der Waals surface area contributed by atoms with Gasteiger partial charge in [-0.3, -0.25) is 14.4 Å². The van der Waals surface area contributed by atoms with Crippen LogP contribution in [0.2, 0.25) is 0 Å². The van der Waals surface area contributed by atoms with Crippen LogP contribution in [0, 0.1) is 17.6 Å². The maximum atomic E-state index is 13.0. The summed E-state index contributed by atoms with van der Waals surface area (Å²) in [6.07, 6.45) is 0.991. The molecule has 0 saturated carbocycles. The minimum absolute atomic E-state index is 0.120. The summed E-state index contributed by atoms with van der Waals surface area (Å²) < 4.78 is 26.0. The van der Waals surface area contributed by atoms with Crippen molar-refractivity contribution in [2.45, 2.75) is 12.8 Å². The van der Waals surface area contributed by atoms with E-state index >= 15 is 0 Å². The third-order valence-electron chi connectivity index (χ3n) is 5.11. The van der Waals surface area contributed by atoms with E-state index in [9.17, 15) is 23.2 Å². The maximum Gasteiger partial charge on any atom is 0.253 e. The average Bonchev–Trinajstić information content (AvgIpc) is 2.75. The SMILES string of the molecule is CN(CC(=O)Nc1ccc(F)cc1)C(=O)C1CCN(C(=O)c2ccc(F)cc2)CC1. The van der Waals surface area contributed by atoms with Gasteiger partial charge in [0, 0.05) is 37.3 Å². The number of halogens is 2. The summed E-state index contributed by atoms with van der Waals surface area (Å²) >= 11 is 0. The summed E-state index contributed by atoms with van der Waals surface area (Å²) in [6, 6.07) is 10.8. The Morgan fingerprint density at radius 2 is 1.50 bits per heavy atom. The Balaban J connectivity index is 1.48. The van der Waals surface area contributed by atoms with E-state index in [1.54, 1.807) is 11.9 Å². The first-order chi connectivity index (χ1) is 14.3. The lowest BCUT2D eigenvalue weighted by Crippen LogP contribution is -2.45. The zero-order valence-electron chi connectivity index (χ0n) is 16.6. The average molecular weight is 415 g/mol. The molecule has 3 rings (SSSR count). The molecule has 8 heteroatoms. The molecule has 1 aliphatic heterocycles. The number of benzene rings is 2. The summed E-state index contributed by atoms with van der Waals surface area (Å²) in [5.41, 5.74) is 0.866. The number of hydrogen-bond acceptors (Lipinski definition) is 3. The van der Waals surface area contributed by atoms with Crippen LogP contribution in [0.15, 0.2) is 48.5 Å². The molecule has 6 nitrogen and oxygen atoms in total. The van der Waals surface area contributed by atoms with Crippen LogP contribution in [0.4, 0.5) is 14.5 Å². The molecule has 30 heavy (non-hydrogen) atoms. The highest BCUT2D eigenvalue weighted by Crippen LogP contribution is 2.21. The van der Waals surface area contributed by atoms with Crippen LogP contribution >= 0.6 is 0 Å². The first-order valence-electron chi connectivity index (χ1n) is 9.68. The third-order valence-corrected chi connectivity index (χ3v) is 5.11. The second-order valence-electron chi connectivity index (χ2n) is 7.32. The highest BCUT2D eigenvalue weighted by atomic mass is 19.1. The van der Waals surface area contributed by atoms with E-state index in [4.69, 9.17) is 0 Å². The topological polar surface area (TPSA) is 69.7 Å². The number of hydrogen-bond donors (Lipinski definition) is 1. The standard InChI is InChI=1S/C22H23F2N3O3/c1-26(14-20(28)25-19-8-6-18(24)7-9-19)21(29)16-10-12-27(13-11-16)22(30)15-2-4-17(23)5-3-15/h2-9,16H,10-14H2,1H3,(H,25,28). The fourth-order valence-corrected chi connectivity index (χ4v) is 3.44. The number of likely N-dealkylation sites (N-methyl/N-ethyl adjacent to an activating group) is 1. The lowest BCUT2D eigenvalue weighted by Gasteiger charge is -2.33. The predicted octanol–water partition coefficient (Wildman–Crippen LogP) is 2.91. The Morgan fingerprint density at radius 3 is 2.07 bits per heavy atom. The first-order valence-corrected chi connectivity index (χ1v) is 9.68. The Morgan fingerprint density at radius 1 is 0.967 bits per heavy atom. The van der Waals surface area contributed by atoms with Crippen molar-refractivity contribution >= 4 is 23.4 Å². The summed E-state index contributed by atoms with van der Waals surface area (Å²) in [5, 5.41) is 2.62. The first kappa shape index (κ1) is 21.4. The molecule has 2 aromatic carbocycles. The number of nitrogens with zero attached hydrogens (tertiary/aromatic N) is 2. The van der Waals surface area contributed by atoms with Gasteiger partial charge in [0.2, 0.25) is 11.8 Å². The van der Waals surface area contributed by atoms with Crippen molar-refractivity contribution in [1.82, 2.24) is 9.80 Å². The molecule has 1 fully saturated rings. The predicted molar refractivity (Wildman–Crippen MR) is 108 cm³/mol. The van der Waals surface area contributed by atoms with Crippen molar-refractivity contribution in [3.05, 3.63) is 65.7 Å². The Hall–Kier alpha value is -3.29. The quantitative estimate of drug-likeness (QED) is 0.817. The highest BCUT2D eigenvalue weighted by Gasteiger charge is 2.30. The molecule has 0 aliphatic carbocycles. The molecular weight excluding hydrogens is 392 g/mol. The Bertz CT molecular complexity index is 908. The minimum atomic E-state index is -0.401. The zero-order valence-corrected chi connectivity index (χ0v) is 16.6. The molecule has 0 aromatic heterocycles. The summed E-state index contributed by atoms with van der Waals surface area (Å²) in [6.45, 7) is 0.718. The van der Waals surface area contributed by atoms with Crippen LogP contribution in [-0.4, -0.2) is 54.2 Å². The van der Waals surface area contributed by atoms with E-state index in [1.807, 2.05) is 0 Å². The van der Waals surface area contributed by atoms with Gasteiger partial charge < -0.3 is 15.1 Å². The van der Waals surface area contributed by atoms with E-state index in [2.05, 4.69) is 5.32 Å². The number of piperidine rings is 1. The van der Waals surface area contributed by atoms with Crippen molar-refractivity contribution in [2.75, 3.05) is 32.0 Å². The van der Waals surface area contributed by atoms with Crippen molar-refractivity contribution < 1.29 is 23.2 Å². The van der Waals surface area contributed by atoms with Crippen LogP contribution in [0.1, 0.15) is 23.2 Å². The van der Waals surface area contributed by atoms with Crippen LogP contribution < -0.4 is 5.32 Å². The van der Waals surface area contributed by atoms with Gasteiger partial charge in [0.05, 0.1) is 6.54 Å². The summed E-state index contributed by atoms with van der Waals surface area (Å²) in [7, 11) is 1.56. The second kappa shape index (κ2) is 9.47. The lowest BCUT2D eigenvalue weighted by atomic mass is 9.95. The van der Waals surface area contributed by atoms with Crippen molar-refractivity contribution in [2.24, 2.45) is 5.92 Å². The van der Waals surface area contributed by atoms with E-state index in [0.717, 1.165) is 0 Å². The number of rotatable bonds is 5. The van der Waals surface area contributed by atoms with Gasteiger partial charge in [-0.1, -0.05) is 0 Å². The van der Waals surface area contributed by atoms with Gasteiger partial charge in [-0.2, -0.15) is 0 Å². The molecule has 1 heterocycles. The monoisotopic (exact) mass is 415 g/mol. The maximum absolute atomic E-state index is 13.0. The van der Waals surface area contributed by atoms with Crippen molar-refractivity contribution in [1.29, 1.82) is 0 Å². The van der Waals surface area contributed by atoms with Crippen molar-refractivity contribution in [3.63, 3.8) is 0 Å². The Labute approximate surface area is 173 Å². The van der Waals surface area contributed by atoms with E-state index in [1.165, 1.54) is 53.4 Å². The van der Waals surface area contributed by atoms with Gasteiger partial charge in [0.15, 0.2) is 0 Å². The van der Waals surface area contributed by atoms with Crippen LogP contribution in [0.3, 0.4) is 0 Å². The Kier molecular flexibility index (Phi) is 6.76. The van der Waals surface area contributed by atoms with E-state index in [-0.39, 0.29) is 30.2 Å². The van der Waals surface area contributed by atoms with E-state index < -0.39 is 11.6 Å². The molecule has 1 saturated heterocycles. The fraction of sp³-hybridized carbons (Fsp3) is 0.318. The summed E-state index contributed by atoms with van der Waals surface area (Å²) in [4.78, 5) is 40.3. The molecule has 2 aromatic rings. The molecule has 158 valence electrons. The molecular formula is C22H23F2N3O3. The number of carbonyl (C=O) groups is 3. The van der Waals surface area contributed by atoms with Gasteiger partial charge in [0.1, 0.15) is 11.6 Å². The number of amides is 3. The van der Waals surface area contributed by atoms with Crippen molar-refractivity contribution in [3.8, 4) is 0 Å². The van der Waals surface area contributed by atoms with Crippen LogP contribution in [0.5, 0.6) is 0 Å². The molecule has 0 unspecified atom stereocenters.